The molecule has 9 heteroatoms. The third kappa shape index (κ3) is 7.68. The molecule has 33 heavy (non-hydrogen) atoms. The fourth-order valence-corrected chi connectivity index (χ4v) is 3.50. The number of benzene rings is 2. The smallest absolute Gasteiger partial charge is 0.410 e. The highest BCUT2D eigenvalue weighted by Crippen LogP contribution is 2.20. The number of carbonyl (C=O) groups is 2. The first-order chi connectivity index (χ1) is 15.5. The van der Waals surface area contributed by atoms with Gasteiger partial charge in [0.25, 0.3) is 0 Å². The average Bonchev–Trinajstić information content (AvgIpc) is 3.13. The van der Waals surface area contributed by atoms with Crippen LogP contribution in [-0.4, -0.2) is 48.6 Å². The zero-order valence-corrected chi connectivity index (χ0v) is 19.4. The van der Waals surface area contributed by atoms with Crippen molar-refractivity contribution < 1.29 is 23.8 Å². The van der Waals surface area contributed by atoms with Crippen LogP contribution in [0.4, 0.5) is 4.79 Å². The molecular formula is C24H30ClN3O5. The lowest BCUT2D eigenvalue weighted by Crippen LogP contribution is -2.36. The van der Waals surface area contributed by atoms with E-state index in [1.807, 2.05) is 36.4 Å². The van der Waals surface area contributed by atoms with Crippen molar-refractivity contribution in [2.24, 2.45) is 5.73 Å². The van der Waals surface area contributed by atoms with Crippen LogP contribution >= 0.6 is 12.4 Å². The lowest BCUT2D eigenvalue weighted by atomic mass is 10.1. The van der Waals surface area contributed by atoms with E-state index in [2.05, 4.69) is 0 Å². The summed E-state index contributed by atoms with van der Waals surface area (Å²) in [5.41, 5.74) is 8.21. The molecule has 0 radical (unpaired) electrons. The van der Waals surface area contributed by atoms with Crippen LogP contribution in [-0.2, 0) is 27.3 Å². The van der Waals surface area contributed by atoms with Crippen LogP contribution in [0.5, 0.6) is 5.75 Å². The van der Waals surface area contributed by atoms with Crippen LogP contribution < -0.4 is 10.5 Å². The molecule has 0 spiro atoms. The zero-order chi connectivity index (χ0) is 22.9. The summed E-state index contributed by atoms with van der Waals surface area (Å²) in [7, 11) is 0. The Kier molecular flexibility index (Phi) is 10.00. The van der Waals surface area contributed by atoms with Gasteiger partial charge in [-0.05, 0) is 43.0 Å². The number of esters is 1. The maximum Gasteiger partial charge on any atom is 0.410 e. The molecule has 1 aliphatic heterocycles. The number of amidine groups is 1. The van der Waals surface area contributed by atoms with Crippen LogP contribution in [0, 0.1) is 5.41 Å². The van der Waals surface area contributed by atoms with Crippen LogP contribution in [0.15, 0.2) is 48.5 Å². The molecule has 3 rings (SSSR count). The fourth-order valence-electron chi connectivity index (χ4n) is 3.50. The van der Waals surface area contributed by atoms with E-state index in [1.165, 1.54) is 0 Å². The highest BCUT2D eigenvalue weighted by atomic mass is 35.5. The minimum Gasteiger partial charge on any atom is -0.489 e. The van der Waals surface area contributed by atoms with Gasteiger partial charge in [-0.2, -0.15) is 0 Å². The van der Waals surface area contributed by atoms with Crippen molar-refractivity contribution in [3.8, 4) is 5.75 Å². The lowest BCUT2D eigenvalue weighted by molar-refractivity contribution is -0.143. The summed E-state index contributed by atoms with van der Waals surface area (Å²) in [6, 6.07) is 15.1. The molecule has 0 aliphatic carbocycles. The summed E-state index contributed by atoms with van der Waals surface area (Å²) in [5.74, 6) is 0.538. The number of halogens is 1. The fraction of sp³-hybridized carbons (Fsp3) is 0.375. The van der Waals surface area contributed by atoms with Crippen molar-refractivity contribution in [2.45, 2.75) is 38.8 Å². The van der Waals surface area contributed by atoms with Crippen molar-refractivity contribution in [2.75, 3.05) is 19.8 Å². The average molecular weight is 476 g/mol. The SMILES string of the molecule is CCOC(=O)CCCN1C(=O)OC[C@@H]1Cc1ccc(OCc2ccc(C(=N)N)cc2)cc1.Cl. The number of hydrogen-bond acceptors (Lipinski definition) is 6. The predicted molar refractivity (Wildman–Crippen MR) is 127 cm³/mol. The summed E-state index contributed by atoms with van der Waals surface area (Å²) in [5, 5.41) is 7.43. The van der Waals surface area contributed by atoms with Crippen LogP contribution in [0.1, 0.15) is 36.5 Å². The molecule has 1 heterocycles. The van der Waals surface area contributed by atoms with Crippen LogP contribution in [0.25, 0.3) is 0 Å². The van der Waals surface area contributed by atoms with Crippen LogP contribution in [0.2, 0.25) is 0 Å². The molecule has 0 unspecified atom stereocenters. The van der Waals surface area contributed by atoms with Gasteiger partial charge in [-0.25, -0.2) is 4.79 Å². The molecule has 2 aromatic carbocycles. The summed E-state index contributed by atoms with van der Waals surface area (Å²) < 4.78 is 16.0. The Morgan fingerprint density at radius 1 is 1.15 bits per heavy atom. The standard InChI is InChI=1S/C24H29N3O5.ClH/c1-2-30-22(28)4-3-13-27-20(16-32-24(27)29)14-17-7-11-21(12-8-17)31-15-18-5-9-19(10-6-18)23(25)26;/h5-12,20H,2-4,13-16H2,1H3,(H3,25,26);1H/t20-;/m0./s1. The van der Waals surface area contributed by atoms with Gasteiger partial charge in [0.1, 0.15) is 24.8 Å². The topological polar surface area (TPSA) is 115 Å². The molecule has 178 valence electrons. The van der Waals surface area contributed by atoms with E-state index in [9.17, 15) is 9.59 Å². The normalized spacial score (nSPS) is 14.9. The number of nitrogens with zero attached hydrogens (tertiary/aromatic N) is 1. The van der Waals surface area contributed by atoms with Gasteiger partial charge in [0.2, 0.25) is 0 Å². The maximum atomic E-state index is 12.1. The third-order valence-electron chi connectivity index (χ3n) is 5.22. The molecule has 1 fully saturated rings. The number of nitrogens with two attached hydrogens (primary N) is 1. The Bertz CT molecular complexity index is 934. The minimum absolute atomic E-state index is 0. The van der Waals surface area contributed by atoms with Gasteiger partial charge in [0.05, 0.1) is 12.6 Å². The van der Waals surface area contributed by atoms with E-state index in [-0.39, 0.29) is 42.8 Å². The van der Waals surface area contributed by atoms with Gasteiger partial charge in [0.15, 0.2) is 0 Å². The minimum atomic E-state index is -0.338. The van der Waals surface area contributed by atoms with Gasteiger partial charge >= 0.3 is 12.1 Å². The molecule has 1 aliphatic rings. The summed E-state index contributed by atoms with van der Waals surface area (Å²) in [6.07, 6.45) is 1.16. The van der Waals surface area contributed by atoms with E-state index in [1.54, 1.807) is 24.0 Å². The largest absolute Gasteiger partial charge is 0.489 e. The molecule has 3 N–H and O–H groups in total. The highest BCUT2D eigenvalue weighted by Gasteiger charge is 2.32. The number of ether oxygens (including phenoxy) is 3. The Balaban J connectivity index is 0.00000385. The number of rotatable bonds is 11. The molecule has 0 bridgehead atoms. The molecule has 2 aromatic rings. The second-order valence-electron chi connectivity index (χ2n) is 7.58. The monoisotopic (exact) mass is 475 g/mol. The molecule has 1 saturated heterocycles. The van der Waals surface area contributed by atoms with Crippen molar-refractivity contribution in [3.63, 3.8) is 0 Å². The third-order valence-corrected chi connectivity index (χ3v) is 5.22. The summed E-state index contributed by atoms with van der Waals surface area (Å²) in [4.78, 5) is 25.3. The van der Waals surface area contributed by atoms with E-state index in [4.69, 9.17) is 25.4 Å². The van der Waals surface area contributed by atoms with E-state index < -0.39 is 0 Å². The van der Waals surface area contributed by atoms with Gasteiger partial charge in [-0.1, -0.05) is 36.4 Å². The first kappa shape index (κ1) is 26.0. The van der Waals surface area contributed by atoms with E-state index in [0.29, 0.717) is 44.8 Å². The van der Waals surface area contributed by atoms with Crippen molar-refractivity contribution in [3.05, 3.63) is 65.2 Å². The quantitative estimate of drug-likeness (QED) is 0.291. The lowest BCUT2D eigenvalue weighted by Gasteiger charge is -2.21. The Hall–Kier alpha value is -3.26. The summed E-state index contributed by atoms with van der Waals surface area (Å²) in [6.45, 7) is 3.35. The first-order valence-corrected chi connectivity index (χ1v) is 10.7. The number of nitrogen functional groups attached to an aromatic ring is 1. The zero-order valence-electron chi connectivity index (χ0n) is 18.6. The number of amides is 1. The number of carbonyl (C=O) groups excluding carboxylic acids is 2. The molecule has 1 amide bonds. The van der Waals surface area contributed by atoms with Crippen molar-refractivity contribution >= 4 is 30.3 Å². The van der Waals surface area contributed by atoms with Crippen LogP contribution in [0.3, 0.4) is 0 Å². The number of nitrogens with one attached hydrogen (secondary N) is 1. The highest BCUT2D eigenvalue weighted by molar-refractivity contribution is 5.94. The van der Waals surface area contributed by atoms with Crippen molar-refractivity contribution in [1.29, 1.82) is 5.41 Å². The second kappa shape index (κ2) is 12.7. The van der Waals surface area contributed by atoms with Gasteiger partial charge in [0, 0.05) is 18.5 Å². The maximum absolute atomic E-state index is 12.1. The molecule has 0 aromatic heterocycles. The second-order valence-corrected chi connectivity index (χ2v) is 7.58. The number of hydrogen-bond donors (Lipinski definition) is 2. The number of cyclic esters (lactones) is 1. The summed E-state index contributed by atoms with van der Waals surface area (Å²) >= 11 is 0. The van der Waals surface area contributed by atoms with Crippen molar-refractivity contribution in [1.82, 2.24) is 4.90 Å². The first-order valence-electron chi connectivity index (χ1n) is 10.7. The van der Waals surface area contributed by atoms with E-state index >= 15 is 0 Å². The Morgan fingerprint density at radius 2 is 1.82 bits per heavy atom. The Morgan fingerprint density at radius 3 is 2.45 bits per heavy atom. The molecule has 1 atom stereocenters. The van der Waals surface area contributed by atoms with Gasteiger partial charge in [-0.15, -0.1) is 12.4 Å². The van der Waals surface area contributed by atoms with Gasteiger partial charge < -0.3 is 24.8 Å². The van der Waals surface area contributed by atoms with E-state index in [0.717, 1.165) is 16.9 Å². The predicted octanol–water partition coefficient (Wildman–Crippen LogP) is 3.68. The Labute approximate surface area is 199 Å². The molecule has 8 nitrogen and oxygen atoms in total. The molecule has 0 saturated carbocycles. The van der Waals surface area contributed by atoms with Gasteiger partial charge in [-0.3, -0.25) is 10.2 Å². The molecular weight excluding hydrogens is 446 g/mol.